The Balaban J connectivity index is 2.58. The van der Waals surface area contributed by atoms with Crippen molar-refractivity contribution in [3.63, 3.8) is 0 Å². The summed E-state index contributed by atoms with van der Waals surface area (Å²) in [6.45, 7) is 0. The Morgan fingerprint density at radius 1 is 1.30 bits per heavy atom. The van der Waals surface area contributed by atoms with Crippen LogP contribution in [0.25, 0.3) is 21.7 Å². The van der Waals surface area contributed by atoms with Crippen LogP contribution in [0.1, 0.15) is 10.4 Å². The molecule has 0 fully saturated rings. The summed E-state index contributed by atoms with van der Waals surface area (Å²) in [5.74, 6) is -0.897. The predicted octanol–water partition coefficient (Wildman–Crippen LogP) is 2.39. The number of aromatic amines is 1. The van der Waals surface area contributed by atoms with Crippen LogP contribution >= 0.6 is 0 Å². The zero-order valence-electron chi connectivity index (χ0n) is 10.6. The average Bonchev–Trinajstić information content (AvgIpc) is 2.46. The summed E-state index contributed by atoms with van der Waals surface area (Å²) in [7, 11) is 1.45. The molecule has 20 heavy (non-hydrogen) atoms. The molecule has 5 heteroatoms. The maximum absolute atomic E-state index is 12.3. The van der Waals surface area contributed by atoms with Gasteiger partial charge in [-0.15, -0.1) is 0 Å². The van der Waals surface area contributed by atoms with Crippen LogP contribution in [0.4, 0.5) is 0 Å². The number of hydrogen-bond donors (Lipinski definition) is 2. The second-order valence-corrected chi connectivity index (χ2v) is 4.39. The maximum Gasteiger partial charge on any atom is 0.341 e. The van der Waals surface area contributed by atoms with Crippen molar-refractivity contribution in [2.24, 2.45) is 0 Å². The highest BCUT2D eigenvalue weighted by Crippen LogP contribution is 2.30. The van der Waals surface area contributed by atoms with E-state index in [0.29, 0.717) is 11.3 Å². The van der Waals surface area contributed by atoms with Gasteiger partial charge < -0.3 is 14.8 Å². The number of fused-ring (bicyclic) bond motifs is 3. The lowest BCUT2D eigenvalue weighted by Gasteiger charge is -2.09. The molecule has 0 bridgehead atoms. The van der Waals surface area contributed by atoms with Crippen molar-refractivity contribution in [1.29, 1.82) is 0 Å². The van der Waals surface area contributed by atoms with Crippen molar-refractivity contribution in [3.05, 3.63) is 52.3 Å². The summed E-state index contributed by atoms with van der Waals surface area (Å²) in [5, 5.41) is 11.1. The molecule has 3 aromatic rings. The van der Waals surface area contributed by atoms with Gasteiger partial charge in [-0.1, -0.05) is 24.3 Å². The van der Waals surface area contributed by atoms with Gasteiger partial charge in [0.15, 0.2) is 0 Å². The summed E-state index contributed by atoms with van der Waals surface area (Å²) in [6, 6.07) is 9.25. The van der Waals surface area contributed by atoms with Gasteiger partial charge in [0.1, 0.15) is 11.3 Å². The van der Waals surface area contributed by atoms with E-state index in [9.17, 15) is 9.59 Å². The van der Waals surface area contributed by atoms with E-state index in [1.165, 1.54) is 13.3 Å². The third-order valence-electron chi connectivity index (χ3n) is 3.30. The number of H-pyrrole nitrogens is 1. The van der Waals surface area contributed by atoms with Crippen molar-refractivity contribution >= 4 is 27.6 Å². The van der Waals surface area contributed by atoms with Crippen LogP contribution in [-0.4, -0.2) is 23.2 Å². The molecule has 100 valence electrons. The molecule has 0 atom stereocenters. The minimum absolute atomic E-state index is 0.256. The number of carbonyl (C=O) groups is 1. The van der Waals surface area contributed by atoms with Crippen LogP contribution in [0.5, 0.6) is 5.75 Å². The smallest absolute Gasteiger partial charge is 0.341 e. The second kappa shape index (κ2) is 4.38. The lowest BCUT2D eigenvalue weighted by Crippen LogP contribution is -2.16. The second-order valence-electron chi connectivity index (χ2n) is 4.39. The highest BCUT2D eigenvalue weighted by atomic mass is 16.5. The normalized spacial score (nSPS) is 10.8. The predicted molar refractivity (Wildman–Crippen MR) is 75.6 cm³/mol. The number of rotatable bonds is 2. The molecular weight excluding hydrogens is 258 g/mol. The first-order chi connectivity index (χ1) is 9.63. The minimum atomic E-state index is -1.26. The fourth-order valence-corrected chi connectivity index (χ4v) is 2.36. The highest BCUT2D eigenvalue weighted by molar-refractivity contribution is 6.09. The number of aromatic nitrogens is 1. The summed E-state index contributed by atoms with van der Waals surface area (Å²) in [6.07, 6.45) is 1.22. The van der Waals surface area contributed by atoms with Crippen molar-refractivity contribution in [2.45, 2.75) is 0 Å². The summed E-state index contributed by atoms with van der Waals surface area (Å²) >= 11 is 0. The molecule has 0 aliphatic heterocycles. The molecule has 2 aromatic carbocycles. The third-order valence-corrected chi connectivity index (χ3v) is 3.30. The maximum atomic E-state index is 12.3. The molecule has 0 saturated heterocycles. The topological polar surface area (TPSA) is 79.4 Å². The van der Waals surface area contributed by atoms with Crippen molar-refractivity contribution < 1.29 is 14.6 Å². The zero-order valence-corrected chi connectivity index (χ0v) is 10.6. The lowest BCUT2D eigenvalue weighted by atomic mass is 10.0. The monoisotopic (exact) mass is 269 g/mol. The largest absolute Gasteiger partial charge is 0.496 e. The molecule has 3 rings (SSSR count). The van der Waals surface area contributed by atoms with Gasteiger partial charge >= 0.3 is 5.97 Å². The van der Waals surface area contributed by atoms with E-state index in [4.69, 9.17) is 9.84 Å². The van der Waals surface area contributed by atoms with Crippen LogP contribution in [0.3, 0.4) is 0 Å². The molecule has 0 radical (unpaired) electrons. The molecule has 0 aliphatic carbocycles. The van der Waals surface area contributed by atoms with Crippen LogP contribution in [0.15, 0.2) is 41.3 Å². The number of benzene rings is 2. The summed E-state index contributed by atoms with van der Waals surface area (Å²) in [4.78, 5) is 26.3. The Morgan fingerprint density at radius 2 is 2.05 bits per heavy atom. The van der Waals surface area contributed by atoms with E-state index in [0.717, 1.165) is 10.8 Å². The molecule has 0 saturated carbocycles. The van der Waals surface area contributed by atoms with Crippen molar-refractivity contribution in [2.75, 3.05) is 7.11 Å². The number of nitrogens with one attached hydrogen (secondary N) is 1. The van der Waals surface area contributed by atoms with Gasteiger partial charge in [-0.25, -0.2) is 4.79 Å². The van der Waals surface area contributed by atoms with Crippen molar-refractivity contribution in [3.8, 4) is 5.75 Å². The van der Waals surface area contributed by atoms with E-state index in [-0.39, 0.29) is 10.9 Å². The van der Waals surface area contributed by atoms with E-state index < -0.39 is 11.4 Å². The van der Waals surface area contributed by atoms with Crippen LogP contribution in [0.2, 0.25) is 0 Å². The molecule has 2 N–H and O–H groups in total. The molecule has 0 amide bonds. The number of carboxylic acid groups (broad SMARTS) is 1. The van der Waals surface area contributed by atoms with Gasteiger partial charge in [0.25, 0.3) is 0 Å². The standard InChI is InChI=1S/C15H11NO4/c1-20-11-6-8-4-2-3-5-9(8)13-12(11)14(17)10(7-16-13)15(18)19/h2-7H,1H3,(H,16,17)(H,18,19). The van der Waals surface area contributed by atoms with Crippen LogP contribution in [-0.2, 0) is 0 Å². The first-order valence-corrected chi connectivity index (χ1v) is 5.98. The molecule has 1 heterocycles. The van der Waals surface area contributed by atoms with Crippen LogP contribution in [0, 0.1) is 0 Å². The van der Waals surface area contributed by atoms with E-state index in [1.807, 2.05) is 24.3 Å². The number of ether oxygens (including phenoxy) is 1. The molecule has 1 aromatic heterocycles. The SMILES string of the molecule is COc1cc2ccccc2c2[nH]cc(C(=O)O)c(=O)c12. The molecule has 0 unspecified atom stereocenters. The first-order valence-electron chi connectivity index (χ1n) is 5.98. The average molecular weight is 269 g/mol. The van der Waals surface area contributed by atoms with Crippen LogP contribution < -0.4 is 10.2 Å². The van der Waals surface area contributed by atoms with Gasteiger partial charge in [-0.3, -0.25) is 4.79 Å². The fraction of sp³-hybridized carbons (Fsp3) is 0.0667. The Kier molecular flexibility index (Phi) is 2.68. The Hall–Kier alpha value is -2.82. The number of pyridine rings is 1. The summed E-state index contributed by atoms with van der Waals surface area (Å²) in [5.41, 5.74) is -0.269. The minimum Gasteiger partial charge on any atom is -0.496 e. The Bertz CT molecular complexity index is 895. The molecular formula is C15H11NO4. The quantitative estimate of drug-likeness (QED) is 0.700. The Labute approximate surface area is 113 Å². The number of methoxy groups -OCH3 is 1. The van der Waals surface area contributed by atoms with E-state index in [2.05, 4.69) is 4.98 Å². The summed E-state index contributed by atoms with van der Waals surface area (Å²) < 4.78 is 5.24. The van der Waals surface area contributed by atoms with Crippen molar-refractivity contribution in [1.82, 2.24) is 4.98 Å². The van der Waals surface area contributed by atoms with Gasteiger partial charge in [0.05, 0.1) is 18.0 Å². The zero-order chi connectivity index (χ0) is 14.3. The highest BCUT2D eigenvalue weighted by Gasteiger charge is 2.16. The number of aromatic carboxylic acids is 1. The first kappa shape index (κ1) is 12.2. The van der Waals surface area contributed by atoms with Gasteiger partial charge in [0.2, 0.25) is 5.43 Å². The third kappa shape index (κ3) is 1.64. The van der Waals surface area contributed by atoms with E-state index >= 15 is 0 Å². The molecule has 5 nitrogen and oxygen atoms in total. The lowest BCUT2D eigenvalue weighted by molar-refractivity contribution is 0.0695. The van der Waals surface area contributed by atoms with E-state index in [1.54, 1.807) is 6.07 Å². The Morgan fingerprint density at radius 3 is 2.75 bits per heavy atom. The number of carboxylic acids is 1. The molecule has 0 spiro atoms. The van der Waals surface area contributed by atoms with Gasteiger partial charge in [-0.2, -0.15) is 0 Å². The fourth-order valence-electron chi connectivity index (χ4n) is 2.36. The van der Waals surface area contributed by atoms with Gasteiger partial charge in [-0.05, 0) is 11.5 Å². The van der Waals surface area contributed by atoms with Gasteiger partial charge in [0, 0.05) is 11.6 Å². The number of hydrogen-bond acceptors (Lipinski definition) is 3. The molecule has 0 aliphatic rings.